The topological polar surface area (TPSA) is 38.8 Å². The molecule has 0 spiro atoms. The van der Waals surface area contributed by atoms with Crippen LogP contribution in [0.25, 0.3) is 0 Å². The van der Waals surface area contributed by atoms with Crippen LogP contribution in [0.15, 0.2) is 22.7 Å². The Morgan fingerprint density at radius 1 is 1.33 bits per heavy atom. The van der Waals surface area contributed by atoms with E-state index in [4.69, 9.17) is 9.47 Å². The molecule has 0 N–H and O–H groups in total. The van der Waals surface area contributed by atoms with Gasteiger partial charge < -0.3 is 9.47 Å². The van der Waals surface area contributed by atoms with E-state index in [0.717, 1.165) is 49.9 Å². The van der Waals surface area contributed by atoms with E-state index in [-0.39, 0.29) is 5.97 Å². The summed E-state index contributed by atoms with van der Waals surface area (Å²) in [7, 11) is 0. The molecule has 24 heavy (non-hydrogen) atoms. The SMILES string of the molecule is CCOC(=O)CN1CCC(OCCCc2ccc(Br)c(C)c2)CC1. The first-order chi connectivity index (χ1) is 11.6. The van der Waals surface area contributed by atoms with Crippen LogP contribution >= 0.6 is 15.9 Å². The number of rotatable bonds is 8. The van der Waals surface area contributed by atoms with E-state index < -0.39 is 0 Å². The standard InChI is InChI=1S/C19H28BrNO3/c1-3-23-19(22)14-21-10-8-17(9-11-21)24-12-4-5-16-6-7-18(20)15(2)13-16/h6-7,13,17H,3-5,8-12,14H2,1-2H3. The van der Waals surface area contributed by atoms with Crippen LogP contribution in [-0.2, 0) is 20.7 Å². The summed E-state index contributed by atoms with van der Waals surface area (Å²) in [5, 5.41) is 0. The van der Waals surface area contributed by atoms with Crippen LogP contribution in [0.3, 0.4) is 0 Å². The molecule has 0 aromatic heterocycles. The molecule has 0 radical (unpaired) electrons. The molecule has 1 fully saturated rings. The minimum atomic E-state index is -0.123. The summed E-state index contributed by atoms with van der Waals surface area (Å²) in [5.41, 5.74) is 2.64. The Bertz CT molecular complexity index is 527. The molecule has 1 aromatic rings. The molecular weight excluding hydrogens is 370 g/mol. The third kappa shape index (κ3) is 6.54. The molecule has 0 aliphatic carbocycles. The van der Waals surface area contributed by atoms with Crippen LogP contribution in [0.2, 0.25) is 0 Å². The summed E-state index contributed by atoms with van der Waals surface area (Å²) in [5.74, 6) is -0.123. The van der Waals surface area contributed by atoms with Crippen LogP contribution in [0.5, 0.6) is 0 Å². The number of nitrogens with zero attached hydrogens (tertiary/aromatic N) is 1. The maximum Gasteiger partial charge on any atom is 0.320 e. The summed E-state index contributed by atoms with van der Waals surface area (Å²) in [6.07, 6.45) is 4.42. The third-order valence-electron chi connectivity index (χ3n) is 4.38. The maximum atomic E-state index is 11.5. The van der Waals surface area contributed by atoms with Crippen molar-refractivity contribution in [2.45, 2.75) is 45.6 Å². The zero-order valence-electron chi connectivity index (χ0n) is 14.7. The number of aryl methyl sites for hydroxylation is 2. The zero-order valence-corrected chi connectivity index (χ0v) is 16.3. The second kappa shape index (κ2) is 10.2. The van der Waals surface area contributed by atoms with Crippen LogP contribution in [0.4, 0.5) is 0 Å². The fourth-order valence-corrected chi connectivity index (χ4v) is 3.26. The highest BCUT2D eigenvalue weighted by Crippen LogP contribution is 2.18. The molecular formula is C19H28BrNO3. The number of carbonyl (C=O) groups excluding carboxylic acids is 1. The van der Waals surface area contributed by atoms with Crippen LogP contribution in [0.1, 0.15) is 37.3 Å². The lowest BCUT2D eigenvalue weighted by molar-refractivity contribution is -0.145. The molecule has 1 aliphatic heterocycles. The second-order valence-electron chi connectivity index (χ2n) is 6.34. The van der Waals surface area contributed by atoms with Crippen LogP contribution < -0.4 is 0 Å². The first-order valence-corrected chi connectivity index (χ1v) is 9.62. The van der Waals surface area contributed by atoms with Crippen molar-refractivity contribution in [3.63, 3.8) is 0 Å². The van der Waals surface area contributed by atoms with Gasteiger partial charge in [-0.05, 0) is 56.7 Å². The number of hydrogen-bond acceptors (Lipinski definition) is 4. The van der Waals surface area contributed by atoms with Gasteiger partial charge in [0.25, 0.3) is 0 Å². The molecule has 0 unspecified atom stereocenters. The monoisotopic (exact) mass is 397 g/mol. The molecule has 0 bridgehead atoms. The smallest absolute Gasteiger partial charge is 0.320 e. The van der Waals surface area contributed by atoms with Gasteiger partial charge in [-0.15, -0.1) is 0 Å². The summed E-state index contributed by atoms with van der Waals surface area (Å²) >= 11 is 3.53. The minimum Gasteiger partial charge on any atom is -0.465 e. The number of likely N-dealkylation sites (tertiary alicyclic amines) is 1. The Morgan fingerprint density at radius 3 is 2.75 bits per heavy atom. The van der Waals surface area contributed by atoms with Gasteiger partial charge in [-0.25, -0.2) is 0 Å². The van der Waals surface area contributed by atoms with E-state index in [1.54, 1.807) is 0 Å². The molecule has 4 nitrogen and oxygen atoms in total. The largest absolute Gasteiger partial charge is 0.465 e. The van der Waals surface area contributed by atoms with Crippen molar-refractivity contribution in [2.24, 2.45) is 0 Å². The van der Waals surface area contributed by atoms with E-state index in [9.17, 15) is 4.79 Å². The molecule has 134 valence electrons. The van der Waals surface area contributed by atoms with Crippen molar-refractivity contribution in [3.8, 4) is 0 Å². The third-order valence-corrected chi connectivity index (χ3v) is 5.27. The fraction of sp³-hybridized carbons (Fsp3) is 0.632. The summed E-state index contributed by atoms with van der Waals surface area (Å²) in [6.45, 7) is 7.45. The van der Waals surface area contributed by atoms with Gasteiger partial charge in [-0.1, -0.05) is 28.1 Å². The van der Waals surface area contributed by atoms with E-state index in [2.05, 4.69) is 46.0 Å². The molecule has 1 aromatic carbocycles. The van der Waals surface area contributed by atoms with Gasteiger partial charge in [0.05, 0.1) is 19.3 Å². The van der Waals surface area contributed by atoms with E-state index >= 15 is 0 Å². The van der Waals surface area contributed by atoms with Crippen molar-refractivity contribution in [2.75, 3.05) is 32.8 Å². The van der Waals surface area contributed by atoms with Crippen molar-refractivity contribution < 1.29 is 14.3 Å². The molecule has 1 aliphatic rings. The van der Waals surface area contributed by atoms with Gasteiger partial charge in [0, 0.05) is 24.2 Å². The number of carbonyl (C=O) groups is 1. The predicted molar refractivity (Wildman–Crippen MR) is 99.2 cm³/mol. The van der Waals surface area contributed by atoms with Gasteiger partial charge in [-0.3, -0.25) is 9.69 Å². The lowest BCUT2D eigenvalue weighted by Gasteiger charge is -2.31. The molecule has 0 saturated carbocycles. The van der Waals surface area contributed by atoms with Crippen molar-refractivity contribution in [3.05, 3.63) is 33.8 Å². The molecule has 1 saturated heterocycles. The Labute approximate surface area is 153 Å². The molecule has 2 rings (SSSR count). The highest BCUT2D eigenvalue weighted by Gasteiger charge is 2.21. The second-order valence-corrected chi connectivity index (χ2v) is 7.19. The van der Waals surface area contributed by atoms with Crippen LogP contribution in [-0.4, -0.2) is 49.8 Å². The Balaban J connectivity index is 1.59. The number of ether oxygens (including phenoxy) is 2. The predicted octanol–water partition coefficient (Wildman–Crippen LogP) is 3.73. The lowest BCUT2D eigenvalue weighted by Crippen LogP contribution is -2.40. The average molecular weight is 398 g/mol. The molecule has 5 heteroatoms. The number of halogens is 1. The molecule has 1 heterocycles. The van der Waals surface area contributed by atoms with E-state index in [1.807, 2.05) is 6.92 Å². The van der Waals surface area contributed by atoms with Gasteiger partial charge in [-0.2, -0.15) is 0 Å². The minimum absolute atomic E-state index is 0.123. The van der Waals surface area contributed by atoms with Gasteiger partial charge in [0.15, 0.2) is 0 Å². The Kier molecular flexibility index (Phi) is 8.22. The highest BCUT2D eigenvalue weighted by molar-refractivity contribution is 9.10. The summed E-state index contributed by atoms with van der Waals surface area (Å²) in [4.78, 5) is 13.6. The number of benzene rings is 1. The average Bonchev–Trinajstić information content (AvgIpc) is 2.56. The quantitative estimate of drug-likeness (QED) is 0.494. The van der Waals surface area contributed by atoms with Crippen molar-refractivity contribution in [1.29, 1.82) is 0 Å². The summed E-state index contributed by atoms with van der Waals surface area (Å²) < 4.78 is 12.2. The number of hydrogen-bond donors (Lipinski definition) is 0. The van der Waals surface area contributed by atoms with Gasteiger partial charge >= 0.3 is 5.97 Å². The number of piperidine rings is 1. The Hall–Kier alpha value is -0.910. The highest BCUT2D eigenvalue weighted by atomic mass is 79.9. The van der Waals surface area contributed by atoms with Gasteiger partial charge in [0.1, 0.15) is 0 Å². The van der Waals surface area contributed by atoms with Crippen LogP contribution in [0, 0.1) is 6.92 Å². The lowest BCUT2D eigenvalue weighted by atomic mass is 10.1. The van der Waals surface area contributed by atoms with Gasteiger partial charge in [0.2, 0.25) is 0 Å². The molecule has 0 atom stereocenters. The number of esters is 1. The fourth-order valence-electron chi connectivity index (χ4n) is 3.01. The van der Waals surface area contributed by atoms with E-state index in [0.29, 0.717) is 19.3 Å². The Morgan fingerprint density at radius 2 is 2.08 bits per heavy atom. The first-order valence-electron chi connectivity index (χ1n) is 8.83. The van der Waals surface area contributed by atoms with Crippen molar-refractivity contribution >= 4 is 21.9 Å². The van der Waals surface area contributed by atoms with Crippen molar-refractivity contribution in [1.82, 2.24) is 4.90 Å². The normalized spacial score (nSPS) is 16.3. The maximum absolute atomic E-state index is 11.5. The zero-order chi connectivity index (χ0) is 17.4. The summed E-state index contributed by atoms with van der Waals surface area (Å²) in [6, 6.07) is 6.52. The molecule has 0 amide bonds. The van der Waals surface area contributed by atoms with E-state index in [1.165, 1.54) is 11.1 Å². The first kappa shape index (κ1) is 19.4.